The van der Waals surface area contributed by atoms with Gasteiger partial charge in [-0.3, -0.25) is 14.9 Å². The molecule has 0 atom stereocenters. The Morgan fingerprint density at radius 2 is 2.00 bits per heavy atom. The summed E-state index contributed by atoms with van der Waals surface area (Å²) in [7, 11) is 0. The third-order valence-electron chi connectivity index (χ3n) is 4.41. The number of amides is 1. The summed E-state index contributed by atoms with van der Waals surface area (Å²) in [6, 6.07) is 20.5. The van der Waals surface area contributed by atoms with Gasteiger partial charge < -0.3 is 5.32 Å². The van der Waals surface area contributed by atoms with E-state index < -0.39 is 10.8 Å². The van der Waals surface area contributed by atoms with Crippen molar-refractivity contribution < 1.29 is 9.72 Å². The zero-order valence-corrected chi connectivity index (χ0v) is 19.1. The van der Waals surface area contributed by atoms with Gasteiger partial charge in [0, 0.05) is 16.8 Å². The SMILES string of the molecule is N#C/C(=C\c1ccc(Sc2nc3ccccc3s2)c([N+](=O)[O-])c1)C(=O)Nc1cccc(Cl)c1. The Hall–Kier alpha value is -3.71. The second-order valence-corrected chi connectivity index (χ2v) is 9.42. The minimum absolute atomic E-state index is 0.138. The number of carbonyl (C=O) groups excluding carboxylic acids is 1. The van der Waals surface area contributed by atoms with E-state index in [1.54, 1.807) is 36.4 Å². The number of hydrogen-bond acceptors (Lipinski definition) is 7. The summed E-state index contributed by atoms with van der Waals surface area (Å²) in [4.78, 5) is 28.6. The number of nitrogens with one attached hydrogen (secondary N) is 1. The maximum Gasteiger partial charge on any atom is 0.283 e. The summed E-state index contributed by atoms with van der Waals surface area (Å²) in [5.41, 5.74) is 1.28. The average molecular weight is 493 g/mol. The van der Waals surface area contributed by atoms with Crippen molar-refractivity contribution in [3.05, 3.63) is 93.0 Å². The van der Waals surface area contributed by atoms with E-state index in [1.807, 2.05) is 30.3 Å². The van der Waals surface area contributed by atoms with Crippen LogP contribution in [0.5, 0.6) is 0 Å². The lowest BCUT2D eigenvalue weighted by atomic mass is 10.1. The van der Waals surface area contributed by atoms with Crippen molar-refractivity contribution in [2.24, 2.45) is 0 Å². The first-order valence-electron chi connectivity index (χ1n) is 9.43. The van der Waals surface area contributed by atoms with E-state index in [2.05, 4.69) is 10.3 Å². The van der Waals surface area contributed by atoms with E-state index >= 15 is 0 Å². The summed E-state index contributed by atoms with van der Waals surface area (Å²) < 4.78 is 1.67. The molecule has 0 radical (unpaired) electrons. The van der Waals surface area contributed by atoms with Gasteiger partial charge in [-0.05, 0) is 48.0 Å². The number of benzene rings is 3. The first-order valence-corrected chi connectivity index (χ1v) is 11.4. The molecule has 1 aromatic heterocycles. The van der Waals surface area contributed by atoms with E-state index in [4.69, 9.17) is 11.6 Å². The summed E-state index contributed by atoms with van der Waals surface area (Å²) in [6.45, 7) is 0. The fourth-order valence-electron chi connectivity index (χ4n) is 2.92. The van der Waals surface area contributed by atoms with Crippen molar-refractivity contribution in [3.8, 4) is 6.07 Å². The third-order valence-corrected chi connectivity index (χ3v) is 6.81. The number of nitrogens with zero attached hydrogens (tertiary/aromatic N) is 3. The highest BCUT2D eigenvalue weighted by atomic mass is 35.5. The van der Waals surface area contributed by atoms with Crippen LogP contribution in [0.25, 0.3) is 16.3 Å². The van der Waals surface area contributed by atoms with Gasteiger partial charge in [0.25, 0.3) is 11.6 Å². The normalized spacial score (nSPS) is 11.2. The number of thiazole rings is 1. The number of rotatable bonds is 6. The Balaban J connectivity index is 1.60. The fourth-order valence-corrected chi connectivity index (χ4v) is 5.22. The molecular weight excluding hydrogens is 480 g/mol. The average Bonchev–Trinajstić information content (AvgIpc) is 3.20. The highest BCUT2D eigenvalue weighted by Crippen LogP contribution is 2.39. The van der Waals surface area contributed by atoms with Crippen LogP contribution in [0.15, 0.2) is 81.5 Å². The summed E-state index contributed by atoms with van der Waals surface area (Å²) in [6.07, 6.45) is 1.30. The lowest BCUT2D eigenvalue weighted by Gasteiger charge is -2.05. The first kappa shape index (κ1) is 22.5. The fraction of sp³-hybridized carbons (Fsp3) is 0. The molecule has 0 aliphatic carbocycles. The monoisotopic (exact) mass is 492 g/mol. The lowest BCUT2D eigenvalue weighted by molar-refractivity contribution is -0.387. The second kappa shape index (κ2) is 9.83. The molecule has 1 heterocycles. The molecule has 0 saturated heterocycles. The van der Waals surface area contributed by atoms with E-state index in [9.17, 15) is 20.2 Å². The number of anilines is 1. The molecule has 0 fully saturated rings. The first-order chi connectivity index (χ1) is 15.9. The Labute approximate surface area is 201 Å². The minimum Gasteiger partial charge on any atom is -0.321 e. The van der Waals surface area contributed by atoms with Gasteiger partial charge in [0.1, 0.15) is 11.6 Å². The maximum atomic E-state index is 12.5. The largest absolute Gasteiger partial charge is 0.321 e. The van der Waals surface area contributed by atoms with E-state index in [0.29, 0.717) is 25.5 Å². The summed E-state index contributed by atoms with van der Waals surface area (Å²) in [5, 5.41) is 24.2. The van der Waals surface area contributed by atoms with Crippen LogP contribution < -0.4 is 5.32 Å². The van der Waals surface area contributed by atoms with Gasteiger partial charge >= 0.3 is 0 Å². The molecule has 10 heteroatoms. The number of carbonyl (C=O) groups is 1. The molecule has 4 aromatic rings. The Bertz CT molecular complexity index is 1430. The lowest BCUT2D eigenvalue weighted by Crippen LogP contribution is -2.13. The molecule has 1 amide bonds. The molecule has 0 saturated carbocycles. The zero-order chi connectivity index (χ0) is 23.4. The molecule has 33 heavy (non-hydrogen) atoms. The van der Waals surface area contributed by atoms with Gasteiger partial charge in [-0.2, -0.15) is 5.26 Å². The summed E-state index contributed by atoms with van der Waals surface area (Å²) in [5.74, 6) is -0.643. The molecule has 162 valence electrons. The van der Waals surface area contributed by atoms with Crippen molar-refractivity contribution in [2.75, 3.05) is 5.32 Å². The molecule has 1 N–H and O–H groups in total. The Morgan fingerprint density at radius 3 is 2.73 bits per heavy atom. The van der Waals surface area contributed by atoms with Crippen LogP contribution in [-0.2, 0) is 4.79 Å². The quantitative estimate of drug-likeness (QED) is 0.141. The van der Waals surface area contributed by atoms with E-state index in [1.165, 1.54) is 35.2 Å². The standard InChI is InChI=1S/C23H13ClN4O3S2/c24-16-4-3-5-17(12-16)26-22(29)15(13-25)10-14-8-9-21(19(11-14)28(30)31)33-23-27-18-6-1-2-7-20(18)32-23/h1-12H,(H,26,29)/b15-10+. The van der Waals surface area contributed by atoms with Gasteiger partial charge in [-0.1, -0.05) is 47.6 Å². The van der Waals surface area contributed by atoms with Crippen LogP contribution in [0, 0.1) is 21.4 Å². The van der Waals surface area contributed by atoms with Crippen LogP contribution in [0.2, 0.25) is 5.02 Å². The predicted octanol–water partition coefficient (Wildman–Crippen LogP) is 6.55. The topological polar surface area (TPSA) is 109 Å². The molecule has 3 aromatic carbocycles. The minimum atomic E-state index is -0.643. The number of para-hydroxylation sites is 1. The predicted molar refractivity (Wildman–Crippen MR) is 131 cm³/mol. The van der Waals surface area contributed by atoms with E-state index in [0.717, 1.165) is 10.2 Å². The number of nitro groups is 1. The number of fused-ring (bicyclic) bond motifs is 1. The number of nitro benzene ring substituents is 1. The van der Waals surface area contributed by atoms with Crippen molar-refractivity contribution in [1.29, 1.82) is 5.26 Å². The molecule has 0 spiro atoms. The second-order valence-electron chi connectivity index (χ2n) is 6.67. The van der Waals surface area contributed by atoms with Crippen LogP contribution in [0.3, 0.4) is 0 Å². The van der Waals surface area contributed by atoms with Crippen molar-refractivity contribution in [2.45, 2.75) is 9.24 Å². The number of nitriles is 1. The summed E-state index contributed by atoms with van der Waals surface area (Å²) >= 11 is 8.56. The molecule has 0 unspecified atom stereocenters. The zero-order valence-electron chi connectivity index (χ0n) is 16.7. The Morgan fingerprint density at radius 1 is 1.18 bits per heavy atom. The highest BCUT2D eigenvalue weighted by molar-refractivity contribution is 8.01. The Kier molecular flexibility index (Phi) is 6.70. The van der Waals surface area contributed by atoms with E-state index in [-0.39, 0.29) is 11.3 Å². The van der Waals surface area contributed by atoms with Gasteiger partial charge in [0.2, 0.25) is 0 Å². The molecule has 7 nitrogen and oxygen atoms in total. The maximum absolute atomic E-state index is 12.5. The van der Waals surface area contributed by atoms with Crippen LogP contribution in [-0.4, -0.2) is 15.8 Å². The number of halogens is 1. The smallest absolute Gasteiger partial charge is 0.283 e. The third kappa shape index (κ3) is 5.38. The molecule has 0 aliphatic heterocycles. The van der Waals surface area contributed by atoms with Gasteiger partial charge in [-0.15, -0.1) is 11.3 Å². The van der Waals surface area contributed by atoms with Crippen LogP contribution in [0.4, 0.5) is 11.4 Å². The molecule has 4 rings (SSSR count). The van der Waals surface area contributed by atoms with Crippen LogP contribution >= 0.6 is 34.7 Å². The highest BCUT2D eigenvalue weighted by Gasteiger charge is 2.18. The van der Waals surface area contributed by atoms with Gasteiger partial charge in [0.05, 0.1) is 20.0 Å². The van der Waals surface area contributed by atoms with Crippen molar-refractivity contribution >= 4 is 68.3 Å². The van der Waals surface area contributed by atoms with Gasteiger partial charge in [0.15, 0.2) is 4.34 Å². The van der Waals surface area contributed by atoms with Crippen molar-refractivity contribution in [1.82, 2.24) is 4.98 Å². The number of hydrogen-bond donors (Lipinski definition) is 1. The van der Waals surface area contributed by atoms with Crippen molar-refractivity contribution in [3.63, 3.8) is 0 Å². The number of aromatic nitrogens is 1. The molecular formula is C23H13ClN4O3S2. The van der Waals surface area contributed by atoms with Crippen LogP contribution in [0.1, 0.15) is 5.56 Å². The molecule has 0 bridgehead atoms. The van der Waals surface area contributed by atoms with Gasteiger partial charge in [-0.25, -0.2) is 4.98 Å². The molecule has 0 aliphatic rings.